The lowest BCUT2D eigenvalue weighted by Crippen LogP contribution is -2.44. The van der Waals surface area contributed by atoms with E-state index in [4.69, 9.17) is 5.73 Å². The Bertz CT molecular complexity index is 684. The topological polar surface area (TPSA) is 115 Å². The van der Waals surface area contributed by atoms with Crippen molar-refractivity contribution in [3.63, 3.8) is 0 Å². The number of ketones is 1. The monoisotopic (exact) mass is 304 g/mol. The van der Waals surface area contributed by atoms with E-state index in [0.29, 0.717) is 5.69 Å². The summed E-state index contributed by atoms with van der Waals surface area (Å²) in [6.07, 6.45) is 0. The SMILES string of the molecule is CC(NC(=O)c1nsnc1-c1ccccc1)C(=O)C(N)=O. The van der Waals surface area contributed by atoms with Crippen LogP contribution in [0, 0.1) is 0 Å². The molecular formula is C13H12N4O3S. The smallest absolute Gasteiger partial charge is 0.287 e. The summed E-state index contributed by atoms with van der Waals surface area (Å²) in [5.74, 6) is -2.54. The van der Waals surface area contributed by atoms with Crippen LogP contribution in [0.2, 0.25) is 0 Å². The Labute approximate surface area is 124 Å². The summed E-state index contributed by atoms with van der Waals surface area (Å²) < 4.78 is 8.03. The van der Waals surface area contributed by atoms with Crippen LogP contribution in [-0.4, -0.2) is 32.4 Å². The first-order valence-corrected chi connectivity index (χ1v) is 6.76. The van der Waals surface area contributed by atoms with Crippen molar-refractivity contribution in [2.45, 2.75) is 13.0 Å². The minimum Gasteiger partial charge on any atom is -0.363 e. The second-order valence-corrected chi connectivity index (χ2v) is 4.78. The van der Waals surface area contributed by atoms with Crippen molar-refractivity contribution < 1.29 is 14.4 Å². The summed E-state index contributed by atoms with van der Waals surface area (Å²) in [7, 11) is 0. The molecule has 1 atom stereocenters. The molecule has 1 aromatic heterocycles. The van der Waals surface area contributed by atoms with Crippen molar-refractivity contribution >= 4 is 29.3 Å². The van der Waals surface area contributed by atoms with Gasteiger partial charge in [0.05, 0.1) is 17.8 Å². The molecule has 1 heterocycles. The van der Waals surface area contributed by atoms with Gasteiger partial charge < -0.3 is 11.1 Å². The number of rotatable bonds is 5. The number of nitrogens with two attached hydrogens (primary N) is 1. The predicted octanol–water partition coefficient (Wildman–Crippen LogP) is 0.378. The molecule has 0 spiro atoms. The molecule has 0 radical (unpaired) electrons. The number of aromatic nitrogens is 2. The van der Waals surface area contributed by atoms with E-state index < -0.39 is 23.6 Å². The van der Waals surface area contributed by atoms with Gasteiger partial charge in [0.2, 0.25) is 5.78 Å². The minimum atomic E-state index is -1.09. The van der Waals surface area contributed by atoms with Crippen molar-refractivity contribution in [2.75, 3.05) is 0 Å². The molecule has 3 N–H and O–H groups in total. The maximum atomic E-state index is 12.1. The maximum Gasteiger partial charge on any atom is 0.287 e. The molecule has 7 nitrogen and oxygen atoms in total. The molecule has 2 amide bonds. The van der Waals surface area contributed by atoms with Gasteiger partial charge in [0.15, 0.2) is 5.69 Å². The quantitative estimate of drug-likeness (QED) is 0.775. The molecule has 21 heavy (non-hydrogen) atoms. The van der Waals surface area contributed by atoms with Gasteiger partial charge >= 0.3 is 0 Å². The van der Waals surface area contributed by atoms with Gasteiger partial charge in [0.1, 0.15) is 5.69 Å². The zero-order valence-corrected chi connectivity index (χ0v) is 11.9. The van der Waals surface area contributed by atoms with Crippen molar-refractivity contribution in [2.24, 2.45) is 5.73 Å². The fraction of sp³-hybridized carbons (Fsp3) is 0.154. The Kier molecular flexibility index (Phi) is 4.39. The van der Waals surface area contributed by atoms with Crippen LogP contribution in [0.5, 0.6) is 0 Å². The van der Waals surface area contributed by atoms with Crippen LogP contribution < -0.4 is 11.1 Å². The second-order valence-electron chi connectivity index (χ2n) is 4.25. The molecule has 0 aliphatic carbocycles. The van der Waals surface area contributed by atoms with E-state index in [2.05, 4.69) is 14.1 Å². The number of nitrogens with one attached hydrogen (secondary N) is 1. The number of carbonyl (C=O) groups excluding carboxylic acids is 3. The lowest BCUT2D eigenvalue weighted by Gasteiger charge is -2.10. The van der Waals surface area contributed by atoms with Gasteiger partial charge in [-0.05, 0) is 6.92 Å². The van der Waals surface area contributed by atoms with Gasteiger partial charge in [-0.3, -0.25) is 14.4 Å². The number of Topliss-reactive ketones (excluding diaryl/α,β-unsaturated/α-hetero) is 1. The largest absolute Gasteiger partial charge is 0.363 e. The Hall–Kier alpha value is -2.61. The zero-order valence-electron chi connectivity index (χ0n) is 11.1. The van der Waals surface area contributed by atoms with Gasteiger partial charge in [-0.2, -0.15) is 8.75 Å². The molecule has 0 aliphatic rings. The molecule has 8 heteroatoms. The first kappa shape index (κ1) is 14.8. The Morgan fingerprint density at radius 1 is 1.19 bits per heavy atom. The fourth-order valence-electron chi connectivity index (χ4n) is 1.67. The van der Waals surface area contributed by atoms with Crippen molar-refractivity contribution in [3.8, 4) is 11.3 Å². The molecule has 0 fully saturated rings. The van der Waals surface area contributed by atoms with Gasteiger partial charge in [-0.25, -0.2) is 0 Å². The van der Waals surface area contributed by atoms with Crippen LogP contribution in [-0.2, 0) is 9.59 Å². The first-order chi connectivity index (χ1) is 10.0. The summed E-state index contributed by atoms with van der Waals surface area (Å²) in [5.41, 5.74) is 6.16. The number of primary amides is 1. The fourth-order valence-corrected chi connectivity index (χ4v) is 2.23. The molecular weight excluding hydrogens is 292 g/mol. The third kappa shape index (κ3) is 3.29. The van der Waals surface area contributed by atoms with Crippen LogP contribution in [0.1, 0.15) is 17.4 Å². The molecule has 2 rings (SSSR count). The van der Waals surface area contributed by atoms with Gasteiger partial charge in [-0.1, -0.05) is 30.3 Å². The summed E-state index contributed by atoms with van der Waals surface area (Å²) >= 11 is 0.894. The predicted molar refractivity (Wildman–Crippen MR) is 76.5 cm³/mol. The number of hydrogen-bond donors (Lipinski definition) is 2. The summed E-state index contributed by atoms with van der Waals surface area (Å²) in [6, 6.07) is 8.05. The molecule has 0 saturated carbocycles. The number of amides is 2. The molecule has 1 aromatic carbocycles. The second kappa shape index (κ2) is 6.23. The highest BCUT2D eigenvalue weighted by Crippen LogP contribution is 2.21. The normalized spacial score (nSPS) is 11.7. The van der Waals surface area contributed by atoms with E-state index in [0.717, 1.165) is 17.3 Å². The first-order valence-electron chi connectivity index (χ1n) is 6.03. The van der Waals surface area contributed by atoms with E-state index in [9.17, 15) is 14.4 Å². The number of hydrogen-bond acceptors (Lipinski definition) is 6. The molecule has 1 unspecified atom stereocenters. The molecule has 0 aliphatic heterocycles. The molecule has 2 aromatic rings. The standard InChI is InChI=1S/C13H12N4O3S/c1-7(11(18)12(14)19)15-13(20)10-9(16-21-17-10)8-5-3-2-4-6-8/h2-7H,1H3,(H2,14,19)(H,15,20). The Balaban J connectivity index is 2.20. The van der Waals surface area contributed by atoms with Crippen LogP contribution in [0.3, 0.4) is 0 Å². The van der Waals surface area contributed by atoms with Crippen LogP contribution >= 0.6 is 11.7 Å². The average Bonchev–Trinajstić information content (AvgIpc) is 2.96. The highest BCUT2D eigenvalue weighted by molar-refractivity contribution is 6.99. The van der Waals surface area contributed by atoms with Gasteiger partial charge in [0.25, 0.3) is 11.8 Å². The Morgan fingerprint density at radius 2 is 1.86 bits per heavy atom. The van der Waals surface area contributed by atoms with E-state index in [1.807, 2.05) is 18.2 Å². The van der Waals surface area contributed by atoms with E-state index >= 15 is 0 Å². The minimum absolute atomic E-state index is 0.107. The van der Waals surface area contributed by atoms with E-state index in [1.165, 1.54) is 6.92 Å². The lowest BCUT2D eigenvalue weighted by atomic mass is 10.1. The lowest BCUT2D eigenvalue weighted by molar-refractivity contribution is -0.136. The van der Waals surface area contributed by atoms with Gasteiger partial charge in [0, 0.05) is 5.56 Å². The highest BCUT2D eigenvalue weighted by Gasteiger charge is 2.24. The maximum absolute atomic E-state index is 12.1. The van der Waals surface area contributed by atoms with Crippen LogP contribution in [0.25, 0.3) is 11.3 Å². The zero-order chi connectivity index (χ0) is 15.4. The molecule has 0 bridgehead atoms. The number of carbonyl (C=O) groups is 3. The summed E-state index contributed by atoms with van der Waals surface area (Å²) in [4.78, 5) is 34.3. The van der Waals surface area contributed by atoms with Gasteiger partial charge in [-0.15, -0.1) is 0 Å². The van der Waals surface area contributed by atoms with E-state index in [-0.39, 0.29) is 5.69 Å². The van der Waals surface area contributed by atoms with Crippen molar-refractivity contribution in [3.05, 3.63) is 36.0 Å². The number of nitrogens with zero attached hydrogens (tertiary/aromatic N) is 2. The van der Waals surface area contributed by atoms with E-state index in [1.54, 1.807) is 12.1 Å². The highest BCUT2D eigenvalue weighted by atomic mass is 32.1. The number of benzene rings is 1. The van der Waals surface area contributed by atoms with Crippen molar-refractivity contribution in [1.82, 2.24) is 14.1 Å². The van der Waals surface area contributed by atoms with Crippen LogP contribution in [0.4, 0.5) is 0 Å². The van der Waals surface area contributed by atoms with Crippen molar-refractivity contribution in [1.29, 1.82) is 0 Å². The summed E-state index contributed by atoms with van der Waals surface area (Å²) in [5, 5.41) is 2.39. The average molecular weight is 304 g/mol. The molecule has 108 valence electrons. The Morgan fingerprint density at radius 3 is 2.48 bits per heavy atom. The third-order valence-electron chi connectivity index (χ3n) is 2.73. The molecule has 0 saturated heterocycles. The third-order valence-corrected chi connectivity index (χ3v) is 3.26. The summed E-state index contributed by atoms with van der Waals surface area (Å²) in [6.45, 7) is 1.38. The van der Waals surface area contributed by atoms with Crippen LogP contribution in [0.15, 0.2) is 30.3 Å².